The molecular formula is C19H21ClN4O2. The molecule has 0 fully saturated rings. The summed E-state index contributed by atoms with van der Waals surface area (Å²) in [7, 11) is 0. The number of nitrogens with one attached hydrogen (secondary N) is 1. The van der Waals surface area contributed by atoms with Crippen molar-refractivity contribution in [2.24, 2.45) is 0 Å². The minimum Gasteiger partial charge on any atom is -0.449 e. The number of alkyl halides is 1. The summed E-state index contributed by atoms with van der Waals surface area (Å²) in [5.74, 6) is 1.11. The molecule has 1 amide bonds. The van der Waals surface area contributed by atoms with E-state index in [2.05, 4.69) is 39.6 Å². The van der Waals surface area contributed by atoms with Gasteiger partial charge in [-0.25, -0.2) is 14.8 Å². The Hall–Kier alpha value is -2.34. The van der Waals surface area contributed by atoms with Gasteiger partial charge in [-0.2, -0.15) is 0 Å². The molecule has 0 spiro atoms. The van der Waals surface area contributed by atoms with Crippen molar-refractivity contribution in [1.82, 2.24) is 14.9 Å². The first-order chi connectivity index (χ1) is 12.7. The first-order valence-corrected chi connectivity index (χ1v) is 9.42. The molecule has 0 radical (unpaired) electrons. The fourth-order valence-corrected chi connectivity index (χ4v) is 3.61. The Kier molecular flexibility index (Phi) is 4.93. The number of carbonyl (C=O) groups excluding carboxylic acids is 1. The number of amides is 1. The zero-order chi connectivity index (χ0) is 17.9. The molecule has 0 saturated heterocycles. The van der Waals surface area contributed by atoms with Crippen LogP contribution < -0.4 is 5.32 Å². The van der Waals surface area contributed by atoms with Gasteiger partial charge in [0, 0.05) is 23.7 Å². The monoisotopic (exact) mass is 372 g/mol. The van der Waals surface area contributed by atoms with Gasteiger partial charge >= 0.3 is 6.09 Å². The predicted molar refractivity (Wildman–Crippen MR) is 99.2 cm³/mol. The van der Waals surface area contributed by atoms with Crippen LogP contribution in [0.2, 0.25) is 0 Å². The summed E-state index contributed by atoms with van der Waals surface area (Å²) >= 11 is 5.60. The Morgan fingerprint density at radius 2 is 2.00 bits per heavy atom. The fraction of sp³-hybridized carbons (Fsp3) is 0.421. The van der Waals surface area contributed by atoms with Crippen LogP contribution in [0.15, 0.2) is 30.5 Å². The number of benzene rings is 1. The van der Waals surface area contributed by atoms with E-state index < -0.39 is 0 Å². The highest BCUT2D eigenvalue weighted by atomic mass is 35.5. The molecule has 0 atom stereocenters. The maximum Gasteiger partial charge on any atom is 0.410 e. The molecule has 26 heavy (non-hydrogen) atoms. The van der Waals surface area contributed by atoms with Gasteiger partial charge in [-0.15, -0.1) is 11.6 Å². The molecule has 4 rings (SSSR count). The van der Waals surface area contributed by atoms with E-state index in [4.69, 9.17) is 16.3 Å². The molecule has 2 aliphatic rings. The second kappa shape index (κ2) is 7.50. The van der Waals surface area contributed by atoms with Gasteiger partial charge in [0.25, 0.3) is 0 Å². The van der Waals surface area contributed by atoms with E-state index in [1.165, 1.54) is 11.1 Å². The number of carbonyl (C=O) groups is 1. The zero-order valence-electron chi connectivity index (χ0n) is 14.4. The second-order valence-electron chi connectivity index (χ2n) is 6.70. The molecule has 2 heterocycles. The summed E-state index contributed by atoms with van der Waals surface area (Å²) in [5.41, 5.74) is 4.63. The summed E-state index contributed by atoms with van der Waals surface area (Å²) in [6.07, 6.45) is 4.10. The summed E-state index contributed by atoms with van der Waals surface area (Å²) in [4.78, 5) is 22.8. The smallest absolute Gasteiger partial charge is 0.410 e. The molecule has 1 aromatic heterocycles. The van der Waals surface area contributed by atoms with Crippen molar-refractivity contribution in [3.05, 3.63) is 52.8 Å². The van der Waals surface area contributed by atoms with Crippen molar-refractivity contribution < 1.29 is 9.53 Å². The van der Waals surface area contributed by atoms with Gasteiger partial charge in [0.2, 0.25) is 5.95 Å². The van der Waals surface area contributed by atoms with Crippen LogP contribution in [0.1, 0.15) is 28.8 Å². The minimum atomic E-state index is -0.325. The average Bonchev–Trinajstić information content (AvgIpc) is 3.24. The standard InChI is InChI=1S/C19H21ClN4O2/c20-6-3-7-26-19(25)24-11-15-10-21-18(23-17(15)12-24)22-16-8-13-4-1-2-5-14(13)9-16/h1-2,4-5,10,16H,3,6-9,11-12H2,(H,21,22,23). The molecule has 1 aliphatic carbocycles. The molecule has 1 aromatic carbocycles. The molecule has 0 unspecified atom stereocenters. The molecule has 136 valence electrons. The Morgan fingerprint density at radius 1 is 1.23 bits per heavy atom. The van der Waals surface area contributed by atoms with Gasteiger partial charge in [0.15, 0.2) is 0 Å². The molecule has 6 nitrogen and oxygen atoms in total. The lowest BCUT2D eigenvalue weighted by Crippen LogP contribution is -2.26. The van der Waals surface area contributed by atoms with E-state index in [1.54, 1.807) is 11.1 Å². The lowest BCUT2D eigenvalue weighted by atomic mass is 10.1. The van der Waals surface area contributed by atoms with Crippen LogP contribution in [-0.2, 0) is 30.7 Å². The van der Waals surface area contributed by atoms with E-state index in [9.17, 15) is 4.79 Å². The topological polar surface area (TPSA) is 67.3 Å². The summed E-state index contributed by atoms with van der Waals surface area (Å²) < 4.78 is 5.21. The zero-order valence-corrected chi connectivity index (χ0v) is 15.2. The highest BCUT2D eigenvalue weighted by Crippen LogP contribution is 2.25. The van der Waals surface area contributed by atoms with E-state index in [-0.39, 0.29) is 6.09 Å². The Morgan fingerprint density at radius 3 is 2.73 bits per heavy atom. The average molecular weight is 373 g/mol. The van der Waals surface area contributed by atoms with Gasteiger partial charge in [0.1, 0.15) is 0 Å². The van der Waals surface area contributed by atoms with Crippen molar-refractivity contribution in [2.45, 2.75) is 38.4 Å². The number of halogens is 1. The lowest BCUT2D eigenvalue weighted by molar-refractivity contribution is 0.102. The number of rotatable bonds is 5. The molecule has 0 bridgehead atoms. The van der Waals surface area contributed by atoms with Crippen molar-refractivity contribution in [2.75, 3.05) is 17.8 Å². The van der Waals surface area contributed by atoms with Crippen molar-refractivity contribution in [1.29, 1.82) is 0 Å². The summed E-state index contributed by atoms with van der Waals surface area (Å²) in [6.45, 7) is 1.29. The number of hydrogen-bond acceptors (Lipinski definition) is 5. The van der Waals surface area contributed by atoms with Gasteiger partial charge in [-0.3, -0.25) is 4.90 Å². The van der Waals surface area contributed by atoms with Crippen LogP contribution in [0.5, 0.6) is 0 Å². The predicted octanol–water partition coefficient (Wildman–Crippen LogP) is 3.14. The van der Waals surface area contributed by atoms with Crippen LogP contribution in [0.3, 0.4) is 0 Å². The number of aromatic nitrogens is 2. The quantitative estimate of drug-likeness (QED) is 0.645. The normalized spacial score (nSPS) is 15.7. The van der Waals surface area contributed by atoms with Crippen LogP contribution in [0.25, 0.3) is 0 Å². The van der Waals surface area contributed by atoms with Crippen molar-refractivity contribution in [3.63, 3.8) is 0 Å². The molecular weight excluding hydrogens is 352 g/mol. The van der Waals surface area contributed by atoms with E-state index in [1.807, 2.05) is 0 Å². The Balaban J connectivity index is 1.36. The Bertz CT molecular complexity index is 789. The highest BCUT2D eigenvalue weighted by molar-refractivity contribution is 6.17. The van der Waals surface area contributed by atoms with Crippen molar-refractivity contribution >= 4 is 23.6 Å². The minimum absolute atomic E-state index is 0.309. The number of nitrogens with zero attached hydrogens (tertiary/aromatic N) is 3. The number of ether oxygens (including phenoxy) is 1. The summed E-state index contributed by atoms with van der Waals surface area (Å²) in [6, 6.07) is 8.81. The number of fused-ring (bicyclic) bond motifs is 2. The van der Waals surface area contributed by atoms with Gasteiger partial charge < -0.3 is 10.1 Å². The first-order valence-electron chi connectivity index (χ1n) is 8.88. The highest BCUT2D eigenvalue weighted by Gasteiger charge is 2.27. The van der Waals surface area contributed by atoms with Gasteiger partial charge in [-0.1, -0.05) is 24.3 Å². The molecule has 1 aliphatic heterocycles. The van der Waals surface area contributed by atoms with E-state index >= 15 is 0 Å². The summed E-state index contributed by atoms with van der Waals surface area (Å²) in [5, 5.41) is 3.43. The van der Waals surface area contributed by atoms with E-state index in [0.29, 0.717) is 44.0 Å². The largest absolute Gasteiger partial charge is 0.449 e. The van der Waals surface area contributed by atoms with Crippen LogP contribution in [0, 0.1) is 0 Å². The maximum atomic E-state index is 12.1. The molecule has 7 heteroatoms. The van der Waals surface area contributed by atoms with E-state index in [0.717, 1.165) is 24.1 Å². The number of hydrogen-bond donors (Lipinski definition) is 1. The van der Waals surface area contributed by atoms with Crippen LogP contribution in [0.4, 0.5) is 10.7 Å². The van der Waals surface area contributed by atoms with Gasteiger partial charge in [0.05, 0.1) is 25.4 Å². The third kappa shape index (κ3) is 3.60. The number of anilines is 1. The maximum absolute atomic E-state index is 12.1. The van der Waals surface area contributed by atoms with Crippen LogP contribution in [-0.4, -0.2) is 39.5 Å². The third-order valence-electron chi connectivity index (χ3n) is 4.80. The van der Waals surface area contributed by atoms with Gasteiger partial charge in [-0.05, 0) is 30.4 Å². The lowest BCUT2D eigenvalue weighted by Gasteiger charge is -2.14. The third-order valence-corrected chi connectivity index (χ3v) is 5.07. The van der Waals surface area contributed by atoms with Crippen LogP contribution >= 0.6 is 11.6 Å². The molecule has 2 aromatic rings. The first kappa shape index (κ1) is 17.1. The van der Waals surface area contributed by atoms with Crippen molar-refractivity contribution in [3.8, 4) is 0 Å². The Labute approximate surface area is 157 Å². The molecule has 0 saturated carbocycles. The molecule has 1 N–H and O–H groups in total. The second-order valence-corrected chi connectivity index (χ2v) is 7.07. The fourth-order valence-electron chi connectivity index (χ4n) is 3.50. The SMILES string of the molecule is O=C(OCCCCl)N1Cc2cnc(NC3Cc4ccccc4C3)nc2C1.